The number of allylic oxidation sites excluding steroid dienone is 2. The van der Waals surface area contributed by atoms with E-state index in [2.05, 4.69) is 27.7 Å². The van der Waals surface area contributed by atoms with Gasteiger partial charge in [-0.2, -0.15) is 0 Å². The second-order valence-corrected chi connectivity index (χ2v) is 14.3. The van der Waals surface area contributed by atoms with Crippen molar-refractivity contribution in [2.45, 2.75) is 220 Å². The Bertz CT molecular complexity index is 732. The Balaban J connectivity index is 5.01. The highest BCUT2D eigenvalue weighted by atomic mass is 16.7. The first-order valence-electron chi connectivity index (χ1n) is 21.5. The van der Waals surface area contributed by atoms with Gasteiger partial charge in [-0.1, -0.05) is 169 Å². The second kappa shape index (κ2) is 38.3. The summed E-state index contributed by atoms with van der Waals surface area (Å²) in [6, 6.07) is 0. The molecule has 0 heterocycles. The van der Waals surface area contributed by atoms with E-state index in [1.54, 1.807) is 28.4 Å². The molecule has 0 rings (SSSR count). The first kappa shape index (κ1) is 49.6. The number of unbranched alkanes of at least 4 members (excludes halogenated alkanes) is 20. The number of hydrogen-bond acceptors (Lipinski definition) is 7. The lowest BCUT2D eigenvalue weighted by molar-refractivity contribution is -0.165. The van der Waals surface area contributed by atoms with Crippen LogP contribution in [0.3, 0.4) is 0 Å². The lowest BCUT2D eigenvalue weighted by Gasteiger charge is -2.24. The number of rotatable bonds is 40. The highest BCUT2D eigenvalue weighted by Crippen LogP contribution is 2.26. The predicted molar refractivity (Wildman–Crippen MR) is 215 cm³/mol. The van der Waals surface area contributed by atoms with E-state index in [4.69, 9.17) is 33.2 Å². The number of hydrogen-bond donors (Lipinski definition) is 0. The molecule has 0 N–H and O–H groups in total. The fourth-order valence-corrected chi connectivity index (χ4v) is 6.70. The van der Waals surface area contributed by atoms with Crippen LogP contribution in [0.4, 0.5) is 0 Å². The van der Waals surface area contributed by atoms with Gasteiger partial charge in [-0.15, -0.1) is 0 Å². The van der Waals surface area contributed by atoms with Gasteiger partial charge in [-0.3, -0.25) is 0 Å². The van der Waals surface area contributed by atoms with Gasteiger partial charge in [0.05, 0.1) is 28.4 Å². The standard InChI is InChI=1S/C44H86O7/c1-9-13-17-19-21-23-25-27-29-31-35-39(45-5)43(47-7)41(33-15-11-3)50-37-49-38-51-42(34-16-12-4)44(48-8)40(46-6)36-32-30-28-26-24-22-20-18-14-10-2/h41-42H,9-38H2,1-8H3. The van der Waals surface area contributed by atoms with Crippen LogP contribution in [0.5, 0.6) is 0 Å². The van der Waals surface area contributed by atoms with Crippen molar-refractivity contribution in [1.82, 2.24) is 0 Å². The van der Waals surface area contributed by atoms with Gasteiger partial charge in [0.15, 0.2) is 25.1 Å². The van der Waals surface area contributed by atoms with Crippen molar-refractivity contribution in [1.29, 1.82) is 0 Å². The van der Waals surface area contributed by atoms with Crippen LogP contribution in [0.25, 0.3) is 0 Å². The zero-order valence-corrected chi connectivity index (χ0v) is 35.2. The molecular weight excluding hydrogens is 640 g/mol. The average Bonchev–Trinajstić information content (AvgIpc) is 3.15. The SMILES string of the molecule is CCCCCCCCCCCCC(OC)=C(OC)C(CCCC)OCOCOC(CCCC)C(OC)=C(CCCCCCCCCCCC)OC. The van der Waals surface area contributed by atoms with Crippen molar-refractivity contribution in [3.05, 3.63) is 23.0 Å². The third-order valence-electron chi connectivity index (χ3n) is 9.93. The monoisotopic (exact) mass is 727 g/mol. The topological polar surface area (TPSA) is 64.6 Å². The summed E-state index contributed by atoms with van der Waals surface area (Å²) >= 11 is 0. The maximum absolute atomic E-state index is 6.28. The molecule has 0 aliphatic rings. The average molecular weight is 727 g/mol. The summed E-state index contributed by atoms with van der Waals surface area (Å²) in [7, 11) is 6.93. The molecule has 0 bridgehead atoms. The van der Waals surface area contributed by atoms with Crippen molar-refractivity contribution in [3.8, 4) is 0 Å². The molecule has 0 fully saturated rings. The van der Waals surface area contributed by atoms with E-state index in [9.17, 15) is 0 Å². The smallest absolute Gasteiger partial charge is 0.162 e. The van der Waals surface area contributed by atoms with E-state index in [0.717, 1.165) is 87.2 Å². The van der Waals surface area contributed by atoms with Crippen LogP contribution in [0.2, 0.25) is 0 Å². The van der Waals surface area contributed by atoms with Crippen molar-refractivity contribution < 1.29 is 33.2 Å². The zero-order chi connectivity index (χ0) is 37.6. The van der Waals surface area contributed by atoms with Gasteiger partial charge in [0, 0.05) is 12.8 Å². The summed E-state index contributed by atoms with van der Waals surface area (Å²) in [6.45, 7) is 9.16. The maximum Gasteiger partial charge on any atom is 0.162 e. The van der Waals surface area contributed by atoms with Gasteiger partial charge >= 0.3 is 0 Å². The van der Waals surface area contributed by atoms with Gasteiger partial charge in [0.25, 0.3) is 0 Å². The molecule has 7 nitrogen and oxygen atoms in total. The minimum absolute atomic E-state index is 0.110. The first-order valence-corrected chi connectivity index (χ1v) is 21.5. The van der Waals surface area contributed by atoms with Gasteiger partial charge < -0.3 is 33.2 Å². The summed E-state index contributed by atoms with van der Waals surface area (Å²) in [5.41, 5.74) is 0. The van der Waals surface area contributed by atoms with Crippen molar-refractivity contribution >= 4 is 0 Å². The van der Waals surface area contributed by atoms with E-state index < -0.39 is 0 Å². The van der Waals surface area contributed by atoms with Crippen molar-refractivity contribution in [3.63, 3.8) is 0 Å². The van der Waals surface area contributed by atoms with Crippen molar-refractivity contribution in [2.75, 3.05) is 42.0 Å². The Morgan fingerprint density at radius 2 is 0.647 bits per heavy atom. The Morgan fingerprint density at radius 1 is 0.353 bits per heavy atom. The number of ether oxygens (including phenoxy) is 7. The number of methoxy groups -OCH3 is 4. The van der Waals surface area contributed by atoms with Crippen LogP contribution in [0.15, 0.2) is 23.0 Å². The minimum atomic E-state index is -0.223. The molecular formula is C44H86O7. The molecule has 0 aliphatic carbocycles. The fraction of sp³-hybridized carbons (Fsp3) is 0.909. The van der Waals surface area contributed by atoms with Crippen LogP contribution in [0.1, 0.15) is 207 Å². The molecule has 51 heavy (non-hydrogen) atoms. The minimum Gasteiger partial charge on any atom is -0.497 e. The lowest BCUT2D eigenvalue weighted by atomic mass is 10.0. The van der Waals surface area contributed by atoms with E-state index in [0.29, 0.717) is 0 Å². The molecule has 7 heteroatoms. The highest BCUT2D eigenvalue weighted by Gasteiger charge is 2.23. The van der Waals surface area contributed by atoms with Crippen LogP contribution in [-0.2, 0) is 33.2 Å². The summed E-state index contributed by atoms with van der Waals surface area (Å²) in [6.07, 6.45) is 33.4. The van der Waals surface area contributed by atoms with E-state index in [1.165, 1.54) is 116 Å². The van der Waals surface area contributed by atoms with Crippen LogP contribution >= 0.6 is 0 Å². The van der Waals surface area contributed by atoms with Gasteiger partial charge in [-0.25, -0.2) is 0 Å². The van der Waals surface area contributed by atoms with E-state index in [1.807, 2.05) is 0 Å². The Hall–Kier alpha value is -1.44. The molecule has 0 amide bonds. The molecule has 0 radical (unpaired) electrons. The second-order valence-electron chi connectivity index (χ2n) is 14.3. The van der Waals surface area contributed by atoms with E-state index in [-0.39, 0.29) is 25.8 Å². The molecule has 0 saturated heterocycles. The van der Waals surface area contributed by atoms with E-state index >= 15 is 0 Å². The molecule has 0 saturated carbocycles. The van der Waals surface area contributed by atoms with Gasteiger partial charge in [0.2, 0.25) is 0 Å². The maximum atomic E-state index is 6.28. The van der Waals surface area contributed by atoms with Crippen molar-refractivity contribution in [2.24, 2.45) is 0 Å². The molecule has 2 unspecified atom stereocenters. The zero-order valence-electron chi connectivity index (χ0n) is 35.2. The van der Waals surface area contributed by atoms with Crippen LogP contribution < -0.4 is 0 Å². The molecule has 0 aromatic heterocycles. The quantitative estimate of drug-likeness (QED) is 0.0354. The Morgan fingerprint density at radius 3 is 0.922 bits per heavy atom. The van der Waals surface area contributed by atoms with Crippen LogP contribution in [0, 0.1) is 0 Å². The normalized spacial score (nSPS) is 13.8. The summed E-state index contributed by atoms with van der Waals surface area (Å²) in [4.78, 5) is 0. The molecule has 304 valence electrons. The summed E-state index contributed by atoms with van der Waals surface area (Å²) < 4.78 is 42.0. The predicted octanol–water partition coefficient (Wildman–Crippen LogP) is 13.7. The summed E-state index contributed by atoms with van der Waals surface area (Å²) in [5.74, 6) is 3.35. The first-order chi connectivity index (χ1) is 25.1. The highest BCUT2D eigenvalue weighted by molar-refractivity contribution is 5.08. The molecule has 0 spiro atoms. The molecule has 0 aromatic carbocycles. The van der Waals surface area contributed by atoms with Crippen LogP contribution in [-0.4, -0.2) is 54.2 Å². The third kappa shape index (κ3) is 26.9. The third-order valence-corrected chi connectivity index (χ3v) is 9.93. The van der Waals surface area contributed by atoms with Gasteiger partial charge in [-0.05, 0) is 25.7 Å². The summed E-state index contributed by atoms with van der Waals surface area (Å²) in [5, 5.41) is 0. The molecule has 0 aromatic rings. The van der Waals surface area contributed by atoms with Gasteiger partial charge in [0.1, 0.15) is 23.7 Å². The molecule has 0 aliphatic heterocycles. The molecule has 2 atom stereocenters. The fourth-order valence-electron chi connectivity index (χ4n) is 6.70. The lowest BCUT2D eigenvalue weighted by Crippen LogP contribution is -2.24. The largest absolute Gasteiger partial charge is 0.497 e. The Labute approximate surface area is 317 Å². The Kier molecular flexibility index (Phi) is 37.2.